The number of nitrogens with one attached hydrogen (secondary N) is 1. The predicted octanol–water partition coefficient (Wildman–Crippen LogP) is 7.09. The van der Waals surface area contributed by atoms with Crippen LogP contribution in [0.15, 0.2) is 96.0 Å². The molecule has 0 aromatic heterocycles. The van der Waals surface area contributed by atoms with E-state index in [2.05, 4.69) is 110 Å². The quantitative estimate of drug-likeness (QED) is 0.441. The monoisotopic (exact) mass is 410 g/mol. The lowest BCUT2D eigenvalue weighted by molar-refractivity contribution is 0.326. The SMILES string of the molecule is C[C@@H](N=C1CCCC[C@@]1(Cc1ccccc1)N[C@H](C)c1ccccc1)c1ccccc1. The molecule has 160 valence electrons. The minimum absolute atomic E-state index is 0.113. The van der Waals surface area contributed by atoms with Gasteiger partial charge in [-0.05, 0) is 56.2 Å². The Hall–Kier alpha value is -2.71. The van der Waals surface area contributed by atoms with Crippen molar-refractivity contribution in [2.75, 3.05) is 0 Å². The topological polar surface area (TPSA) is 24.4 Å². The standard InChI is InChI=1S/C29H34N2/c1-23(26-16-8-4-9-17-26)30-28-20-12-13-21-29(28,22-25-14-6-3-7-15-25)31-24(2)27-18-10-5-11-19-27/h3-11,14-19,23-24,31H,12-13,20-22H2,1-2H3/t23-,24-,29+/m1/s1. The maximum atomic E-state index is 5.36. The van der Waals surface area contributed by atoms with Gasteiger partial charge in [0.2, 0.25) is 0 Å². The molecule has 0 saturated heterocycles. The molecule has 1 saturated carbocycles. The fraction of sp³-hybridized carbons (Fsp3) is 0.345. The zero-order chi connectivity index (χ0) is 21.5. The van der Waals surface area contributed by atoms with Crippen LogP contribution in [0.1, 0.15) is 68.3 Å². The first-order valence-electron chi connectivity index (χ1n) is 11.6. The van der Waals surface area contributed by atoms with Gasteiger partial charge in [-0.15, -0.1) is 0 Å². The van der Waals surface area contributed by atoms with E-state index >= 15 is 0 Å². The summed E-state index contributed by atoms with van der Waals surface area (Å²) in [6.45, 7) is 4.51. The van der Waals surface area contributed by atoms with Crippen LogP contribution in [0.5, 0.6) is 0 Å². The van der Waals surface area contributed by atoms with Gasteiger partial charge in [0.15, 0.2) is 0 Å². The average Bonchev–Trinajstić information content (AvgIpc) is 2.82. The van der Waals surface area contributed by atoms with Crippen molar-refractivity contribution in [3.63, 3.8) is 0 Å². The summed E-state index contributed by atoms with van der Waals surface area (Å²) >= 11 is 0. The second kappa shape index (κ2) is 10.1. The molecule has 0 radical (unpaired) electrons. The summed E-state index contributed by atoms with van der Waals surface area (Å²) in [5, 5.41) is 4.07. The lowest BCUT2D eigenvalue weighted by Gasteiger charge is -2.42. The summed E-state index contributed by atoms with van der Waals surface area (Å²) in [5.74, 6) is 0. The summed E-state index contributed by atoms with van der Waals surface area (Å²) in [6, 6.07) is 32.8. The van der Waals surface area contributed by atoms with E-state index in [1.54, 1.807) is 0 Å². The zero-order valence-corrected chi connectivity index (χ0v) is 18.8. The number of benzene rings is 3. The lowest BCUT2D eigenvalue weighted by Crippen LogP contribution is -2.56. The van der Waals surface area contributed by atoms with Gasteiger partial charge in [-0.2, -0.15) is 0 Å². The molecule has 0 bridgehead atoms. The van der Waals surface area contributed by atoms with Crippen LogP contribution in [-0.2, 0) is 6.42 Å². The van der Waals surface area contributed by atoms with E-state index in [1.165, 1.54) is 35.2 Å². The number of aliphatic imine (C=N–C) groups is 1. The van der Waals surface area contributed by atoms with Crippen LogP contribution < -0.4 is 5.32 Å². The molecule has 2 heteroatoms. The third kappa shape index (κ3) is 5.32. The van der Waals surface area contributed by atoms with Gasteiger partial charge in [0.05, 0.1) is 11.6 Å². The van der Waals surface area contributed by atoms with E-state index in [1.807, 2.05) is 0 Å². The Labute approximate surface area is 187 Å². The second-order valence-electron chi connectivity index (χ2n) is 8.89. The smallest absolute Gasteiger partial charge is 0.0721 e. The number of hydrogen-bond acceptors (Lipinski definition) is 2. The van der Waals surface area contributed by atoms with E-state index in [0.717, 1.165) is 19.3 Å². The summed E-state index contributed by atoms with van der Waals surface area (Å²) < 4.78 is 0. The van der Waals surface area contributed by atoms with Gasteiger partial charge >= 0.3 is 0 Å². The first kappa shape index (κ1) is 21.5. The fourth-order valence-electron chi connectivity index (χ4n) is 4.91. The molecule has 31 heavy (non-hydrogen) atoms. The molecule has 0 heterocycles. The molecule has 0 unspecified atom stereocenters. The maximum Gasteiger partial charge on any atom is 0.0721 e. The van der Waals surface area contributed by atoms with Crippen molar-refractivity contribution in [3.05, 3.63) is 108 Å². The fourth-order valence-corrected chi connectivity index (χ4v) is 4.91. The molecule has 2 nitrogen and oxygen atoms in total. The number of nitrogens with zero attached hydrogens (tertiary/aromatic N) is 1. The molecule has 1 N–H and O–H groups in total. The highest BCUT2D eigenvalue weighted by Crippen LogP contribution is 2.34. The van der Waals surface area contributed by atoms with Crippen molar-refractivity contribution in [1.82, 2.24) is 5.32 Å². The molecule has 3 aromatic carbocycles. The summed E-state index contributed by atoms with van der Waals surface area (Å²) in [4.78, 5) is 5.36. The van der Waals surface area contributed by atoms with Crippen LogP contribution in [0.4, 0.5) is 0 Å². The molecular weight excluding hydrogens is 376 g/mol. The van der Waals surface area contributed by atoms with Crippen molar-refractivity contribution in [2.24, 2.45) is 4.99 Å². The number of hydrogen-bond donors (Lipinski definition) is 1. The molecule has 0 amide bonds. The van der Waals surface area contributed by atoms with Crippen LogP contribution in [0.25, 0.3) is 0 Å². The molecule has 0 spiro atoms. The van der Waals surface area contributed by atoms with Crippen LogP contribution in [0.3, 0.4) is 0 Å². The molecule has 3 atom stereocenters. The normalized spacial score (nSPS) is 22.2. The van der Waals surface area contributed by atoms with Crippen molar-refractivity contribution in [2.45, 2.75) is 63.6 Å². The van der Waals surface area contributed by atoms with Crippen LogP contribution in [0.2, 0.25) is 0 Å². The Kier molecular flexibility index (Phi) is 6.99. The van der Waals surface area contributed by atoms with E-state index in [0.29, 0.717) is 0 Å². The Bertz CT molecular complexity index is 965. The highest BCUT2D eigenvalue weighted by Gasteiger charge is 2.39. The molecular formula is C29H34N2. The molecule has 3 aromatic rings. The first-order chi connectivity index (χ1) is 15.2. The minimum Gasteiger partial charge on any atom is -0.299 e. The van der Waals surface area contributed by atoms with Crippen molar-refractivity contribution >= 4 is 5.71 Å². The van der Waals surface area contributed by atoms with Gasteiger partial charge in [-0.1, -0.05) is 97.4 Å². The van der Waals surface area contributed by atoms with Gasteiger partial charge in [0.25, 0.3) is 0 Å². The molecule has 0 aliphatic heterocycles. The molecule has 4 rings (SSSR count). The largest absolute Gasteiger partial charge is 0.299 e. The summed E-state index contributed by atoms with van der Waals surface area (Å²) in [7, 11) is 0. The van der Waals surface area contributed by atoms with Crippen LogP contribution >= 0.6 is 0 Å². The van der Waals surface area contributed by atoms with Gasteiger partial charge in [-0.25, -0.2) is 0 Å². The Balaban J connectivity index is 1.70. The van der Waals surface area contributed by atoms with Crippen LogP contribution in [-0.4, -0.2) is 11.3 Å². The first-order valence-corrected chi connectivity index (χ1v) is 11.6. The minimum atomic E-state index is -0.113. The Morgan fingerprint density at radius 3 is 2.00 bits per heavy atom. The summed E-state index contributed by atoms with van der Waals surface area (Å²) in [6.07, 6.45) is 5.63. The highest BCUT2D eigenvalue weighted by molar-refractivity contribution is 5.95. The van der Waals surface area contributed by atoms with Crippen LogP contribution in [0, 0.1) is 0 Å². The summed E-state index contributed by atoms with van der Waals surface area (Å²) in [5.41, 5.74) is 5.21. The molecule has 1 aliphatic carbocycles. The molecule has 1 aliphatic rings. The highest BCUT2D eigenvalue weighted by atomic mass is 15.0. The van der Waals surface area contributed by atoms with E-state index in [-0.39, 0.29) is 17.6 Å². The van der Waals surface area contributed by atoms with Crippen molar-refractivity contribution in [1.29, 1.82) is 0 Å². The van der Waals surface area contributed by atoms with Gasteiger partial charge in [0.1, 0.15) is 0 Å². The van der Waals surface area contributed by atoms with Gasteiger partial charge in [-0.3, -0.25) is 10.3 Å². The third-order valence-corrected chi connectivity index (χ3v) is 6.59. The number of rotatable bonds is 7. The third-order valence-electron chi connectivity index (χ3n) is 6.59. The van der Waals surface area contributed by atoms with Crippen molar-refractivity contribution < 1.29 is 0 Å². The Morgan fingerprint density at radius 1 is 0.774 bits per heavy atom. The van der Waals surface area contributed by atoms with E-state index in [9.17, 15) is 0 Å². The zero-order valence-electron chi connectivity index (χ0n) is 18.8. The average molecular weight is 411 g/mol. The Morgan fingerprint density at radius 2 is 1.35 bits per heavy atom. The van der Waals surface area contributed by atoms with E-state index in [4.69, 9.17) is 4.99 Å². The van der Waals surface area contributed by atoms with E-state index < -0.39 is 0 Å². The second-order valence-corrected chi connectivity index (χ2v) is 8.89. The predicted molar refractivity (Wildman–Crippen MR) is 132 cm³/mol. The van der Waals surface area contributed by atoms with Crippen molar-refractivity contribution in [3.8, 4) is 0 Å². The lowest BCUT2D eigenvalue weighted by atomic mass is 9.74. The van der Waals surface area contributed by atoms with Gasteiger partial charge in [0, 0.05) is 11.8 Å². The maximum absolute atomic E-state index is 5.36. The van der Waals surface area contributed by atoms with Gasteiger partial charge < -0.3 is 0 Å². The molecule has 1 fully saturated rings.